The number of nitriles is 1. The third-order valence-corrected chi connectivity index (χ3v) is 6.75. The predicted molar refractivity (Wildman–Crippen MR) is 135 cm³/mol. The molecule has 0 radical (unpaired) electrons. The van der Waals surface area contributed by atoms with Crippen molar-refractivity contribution in [1.29, 1.82) is 5.26 Å². The van der Waals surface area contributed by atoms with Crippen LogP contribution in [0.5, 0.6) is 0 Å². The Kier molecular flexibility index (Phi) is 8.95. The van der Waals surface area contributed by atoms with Gasteiger partial charge in [-0.25, -0.2) is 4.79 Å². The Bertz CT molecular complexity index is 1380. The fraction of sp³-hybridized carbons (Fsp3) is 0.192. The fourth-order valence-corrected chi connectivity index (χ4v) is 5.06. The lowest BCUT2D eigenvalue weighted by Gasteiger charge is -2.35. The first kappa shape index (κ1) is 29.3. The van der Waals surface area contributed by atoms with Crippen LogP contribution in [-0.2, 0) is 15.0 Å². The molecule has 3 aromatic rings. The molecule has 38 heavy (non-hydrogen) atoms. The van der Waals surface area contributed by atoms with Gasteiger partial charge in [0.25, 0.3) is 0 Å². The highest BCUT2D eigenvalue weighted by molar-refractivity contribution is 6.31. The summed E-state index contributed by atoms with van der Waals surface area (Å²) in [7, 11) is 0. The standard InChI is InChI=1S/C24H17Cl3N2O2.C2HF3O2/c25-17-9-7-16(8-10-17)24(13-28)20(14-3-1-5-18(26)11-14)21(23(30)31)29-22(24)15-4-2-6-19(27)12-15;3-2(4,5)1(6)7/h1-12,20-22,29H,(H,30,31);(H,6,7)/t20-,21+,22-,24+;/m0./s1. The molecular formula is C26H18Cl3F3N2O4. The van der Waals surface area contributed by atoms with Gasteiger partial charge in [0.2, 0.25) is 0 Å². The van der Waals surface area contributed by atoms with E-state index in [1.807, 2.05) is 6.07 Å². The molecule has 0 aromatic heterocycles. The predicted octanol–water partition coefficient (Wildman–Crippen LogP) is 6.62. The summed E-state index contributed by atoms with van der Waals surface area (Å²) in [5.41, 5.74) is 0.780. The Morgan fingerprint density at radius 2 is 1.37 bits per heavy atom. The van der Waals surface area contributed by atoms with E-state index in [9.17, 15) is 28.3 Å². The number of carboxylic acids is 2. The molecule has 0 bridgehead atoms. The molecule has 198 valence electrons. The number of aliphatic carboxylic acids is 2. The van der Waals surface area contributed by atoms with Crippen LogP contribution in [0.2, 0.25) is 15.1 Å². The summed E-state index contributed by atoms with van der Waals surface area (Å²) in [5.74, 6) is -4.53. The first-order valence-corrected chi connectivity index (χ1v) is 11.9. The maximum atomic E-state index is 12.4. The maximum absolute atomic E-state index is 12.4. The van der Waals surface area contributed by atoms with Crippen molar-refractivity contribution >= 4 is 46.7 Å². The van der Waals surface area contributed by atoms with E-state index in [-0.39, 0.29) is 0 Å². The van der Waals surface area contributed by atoms with Crippen LogP contribution in [0.4, 0.5) is 13.2 Å². The zero-order chi connectivity index (χ0) is 28.3. The maximum Gasteiger partial charge on any atom is 0.490 e. The van der Waals surface area contributed by atoms with E-state index in [0.717, 1.165) is 5.56 Å². The molecule has 3 aromatic carbocycles. The molecule has 1 saturated heterocycles. The summed E-state index contributed by atoms with van der Waals surface area (Å²) in [5, 5.41) is 32.6. The molecular weight excluding hydrogens is 568 g/mol. The lowest BCUT2D eigenvalue weighted by atomic mass is 9.64. The summed E-state index contributed by atoms with van der Waals surface area (Å²) in [6, 6.07) is 21.9. The van der Waals surface area contributed by atoms with Crippen LogP contribution in [0.15, 0.2) is 72.8 Å². The second-order valence-corrected chi connectivity index (χ2v) is 9.60. The number of halogens is 6. The monoisotopic (exact) mass is 584 g/mol. The molecule has 0 aliphatic carbocycles. The summed E-state index contributed by atoms with van der Waals surface area (Å²) in [6.45, 7) is 0. The van der Waals surface area contributed by atoms with Gasteiger partial charge in [0, 0.05) is 21.0 Å². The van der Waals surface area contributed by atoms with E-state index < -0.39 is 41.5 Å². The number of alkyl halides is 3. The second kappa shape index (κ2) is 11.6. The van der Waals surface area contributed by atoms with Crippen LogP contribution in [0, 0.1) is 11.3 Å². The van der Waals surface area contributed by atoms with Crippen molar-refractivity contribution in [3.63, 3.8) is 0 Å². The number of hydrogen-bond donors (Lipinski definition) is 3. The van der Waals surface area contributed by atoms with Crippen LogP contribution in [0.3, 0.4) is 0 Å². The van der Waals surface area contributed by atoms with Gasteiger partial charge in [0.05, 0.1) is 12.1 Å². The van der Waals surface area contributed by atoms with Crippen molar-refractivity contribution in [2.24, 2.45) is 0 Å². The number of nitrogens with zero attached hydrogens (tertiary/aromatic N) is 1. The lowest BCUT2D eigenvalue weighted by Crippen LogP contribution is -2.37. The summed E-state index contributed by atoms with van der Waals surface area (Å²) < 4.78 is 31.7. The van der Waals surface area contributed by atoms with Gasteiger partial charge in [0.15, 0.2) is 0 Å². The summed E-state index contributed by atoms with van der Waals surface area (Å²) in [4.78, 5) is 21.2. The minimum atomic E-state index is -5.08. The minimum absolute atomic E-state index is 0.468. The Balaban J connectivity index is 0.000000505. The lowest BCUT2D eigenvalue weighted by molar-refractivity contribution is -0.192. The van der Waals surface area contributed by atoms with E-state index >= 15 is 0 Å². The van der Waals surface area contributed by atoms with Gasteiger partial charge < -0.3 is 10.2 Å². The number of benzene rings is 3. The zero-order valence-corrected chi connectivity index (χ0v) is 21.4. The average Bonchev–Trinajstić information content (AvgIpc) is 3.21. The molecule has 12 heteroatoms. The Hall–Kier alpha value is -3.29. The molecule has 4 atom stereocenters. The molecule has 1 aliphatic rings. The van der Waals surface area contributed by atoms with Gasteiger partial charge >= 0.3 is 18.1 Å². The fourth-order valence-electron chi connectivity index (χ4n) is 4.53. The Morgan fingerprint density at radius 1 is 0.868 bits per heavy atom. The van der Waals surface area contributed by atoms with Crippen LogP contribution in [0.1, 0.15) is 28.7 Å². The quantitative estimate of drug-likeness (QED) is 0.317. The van der Waals surface area contributed by atoms with E-state index in [1.165, 1.54) is 0 Å². The molecule has 1 aliphatic heterocycles. The second-order valence-electron chi connectivity index (χ2n) is 8.29. The SMILES string of the molecule is N#C[C@]1(c2ccc(Cl)cc2)[C@H](c2cccc(Cl)c2)N[C@@H](C(=O)O)[C@@H]1c1cccc(Cl)c1.O=C(O)C(F)(F)F. The van der Waals surface area contributed by atoms with Crippen molar-refractivity contribution in [2.75, 3.05) is 0 Å². The van der Waals surface area contributed by atoms with E-state index in [4.69, 9.17) is 44.7 Å². The number of rotatable bonds is 4. The highest BCUT2D eigenvalue weighted by atomic mass is 35.5. The summed E-state index contributed by atoms with van der Waals surface area (Å²) >= 11 is 18.6. The molecule has 3 N–H and O–H groups in total. The smallest absolute Gasteiger partial charge is 0.480 e. The average molecular weight is 586 g/mol. The van der Waals surface area contributed by atoms with Gasteiger partial charge in [-0.05, 0) is 53.1 Å². The van der Waals surface area contributed by atoms with Crippen LogP contribution in [-0.4, -0.2) is 34.4 Å². The van der Waals surface area contributed by atoms with Gasteiger partial charge in [-0.2, -0.15) is 18.4 Å². The third-order valence-electron chi connectivity index (χ3n) is 6.03. The van der Waals surface area contributed by atoms with Crippen molar-refractivity contribution in [2.45, 2.75) is 29.6 Å². The van der Waals surface area contributed by atoms with Crippen molar-refractivity contribution in [1.82, 2.24) is 5.32 Å². The van der Waals surface area contributed by atoms with Gasteiger partial charge in [-0.3, -0.25) is 10.1 Å². The first-order valence-electron chi connectivity index (χ1n) is 10.8. The molecule has 0 unspecified atom stereocenters. The summed E-state index contributed by atoms with van der Waals surface area (Å²) in [6.07, 6.45) is -5.08. The molecule has 0 spiro atoms. The van der Waals surface area contributed by atoms with Crippen LogP contribution in [0.25, 0.3) is 0 Å². The van der Waals surface area contributed by atoms with Gasteiger partial charge in [-0.1, -0.05) is 71.2 Å². The molecule has 6 nitrogen and oxygen atoms in total. The van der Waals surface area contributed by atoms with Crippen LogP contribution < -0.4 is 5.32 Å². The van der Waals surface area contributed by atoms with Gasteiger partial charge in [0.1, 0.15) is 11.5 Å². The topological polar surface area (TPSA) is 110 Å². The van der Waals surface area contributed by atoms with E-state index in [2.05, 4.69) is 11.4 Å². The normalized spacial score (nSPS) is 22.6. The van der Waals surface area contributed by atoms with Crippen molar-refractivity contribution in [3.05, 3.63) is 105 Å². The van der Waals surface area contributed by atoms with E-state index in [0.29, 0.717) is 26.2 Å². The number of nitrogens with one attached hydrogen (secondary N) is 1. The minimum Gasteiger partial charge on any atom is -0.480 e. The Morgan fingerprint density at radius 3 is 1.82 bits per heavy atom. The van der Waals surface area contributed by atoms with E-state index in [1.54, 1.807) is 66.7 Å². The molecule has 4 rings (SSSR count). The van der Waals surface area contributed by atoms with Crippen LogP contribution >= 0.6 is 34.8 Å². The number of carboxylic acid groups (broad SMARTS) is 2. The van der Waals surface area contributed by atoms with Crippen molar-refractivity contribution in [3.8, 4) is 6.07 Å². The molecule has 0 saturated carbocycles. The molecule has 0 amide bonds. The molecule has 1 fully saturated rings. The van der Waals surface area contributed by atoms with Crippen molar-refractivity contribution < 1.29 is 33.0 Å². The third kappa shape index (κ3) is 6.05. The number of hydrogen-bond acceptors (Lipinski definition) is 4. The molecule has 1 heterocycles. The largest absolute Gasteiger partial charge is 0.490 e. The van der Waals surface area contributed by atoms with Gasteiger partial charge in [-0.15, -0.1) is 0 Å². The number of carbonyl (C=O) groups is 2. The highest BCUT2D eigenvalue weighted by Gasteiger charge is 2.59. The first-order chi connectivity index (χ1) is 17.8. The Labute approximate surface area is 230 Å². The zero-order valence-electron chi connectivity index (χ0n) is 19.1. The highest BCUT2D eigenvalue weighted by Crippen LogP contribution is 2.54.